The summed E-state index contributed by atoms with van der Waals surface area (Å²) in [5.41, 5.74) is 2.84. The Hall–Kier alpha value is -0.860. The molecule has 1 aliphatic heterocycles. The van der Waals surface area contributed by atoms with Gasteiger partial charge in [-0.05, 0) is 29.9 Å². The fourth-order valence-electron chi connectivity index (χ4n) is 2.13. The first-order valence-corrected chi connectivity index (χ1v) is 6.24. The number of benzene rings is 1. The molecule has 16 heavy (non-hydrogen) atoms. The summed E-state index contributed by atoms with van der Waals surface area (Å²) in [6.07, 6.45) is 2.24. The average Bonchev–Trinajstić information content (AvgIpc) is 2.59. The van der Waals surface area contributed by atoms with Gasteiger partial charge in [0.2, 0.25) is 0 Å². The van der Waals surface area contributed by atoms with Gasteiger partial charge in [-0.3, -0.25) is 0 Å². The molecule has 0 aliphatic carbocycles. The summed E-state index contributed by atoms with van der Waals surface area (Å²) in [7, 11) is 0. The third-order valence-corrected chi connectivity index (χ3v) is 3.17. The Labute approximate surface area is 98.0 Å². The van der Waals surface area contributed by atoms with Crippen LogP contribution in [0.1, 0.15) is 18.1 Å². The summed E-state index contributed by atoms with van der Waals surface area (Å²) in [5.74, 6) is 0.620. The van der Waals surface area contributed by atoms with Crippen LogP contribution in [0, 0.1) is 5.92 Å². The van der Waals surface area contributed by atoms with Gasteiger partial charge in [0.05, 0.1) is 13.2 Å². The maximum absolute atomic E-state index is 5.56. The maximum atomic E-state index is 5.56. The van der Waals surface area contributed by atoms with Gasteiger partial charge < -0.3 is 10.1 Å². The molecule has 1 heterocycles. The minimum absolute atomic E-state index is 0.620. The molecule has 2 heteroatoms. The van der Waals surface area contributed by atoms with Gasteiger partial charge in [0.25, 0.3) is 0 Å². The Morgan fingerprint density at radius 1 is 1.25 bits per heavy atom. The van der Waals surface area contributed by atoms with Crippen LogP contribution in [0.2, 0.25) is 0 Å². The number of aryl methyl sites for hydroxylation is 1. The lowest BCUT2D eigenvalue weighted by molar-refractivity contribution is 0.123. The van der Waals surface area contributed by atoms with Crippen molar-refractivity contribution in [1.82, 2.24) is 5.32 Å². The van der Waals surface area contributed by atoms with Crippen molar-refractivity contribution in [1.29, 1.82) is 0 Å². The van der Waals surface area contributed by atoms with E-state index >= 15 is 0 Å². The fourth-order valence-corrected chi connectivity index (χ4v) is 2.13. The van der Waals surface area contributed by atoms with E-state index in [4.69, 9.17) is 4.74 Å². The lowest BCUT2D eigenvalue weighted by atomic mass is 9.99. The second-order valence-corrected chi connectivity index (χ2v) is 4.52. The van der Waals surface area contributed by atoms with E-state index in [-0.39, 0.29) is 0 Å². The van der Waals surface area contributed by atoms with Crippen LogP contribution < -0.4 is 5.32 Å². The molecule has 1 N–H and O–H groups in total. The van der Waals surface area contributed by atoms with E-state index in [1.807, 2.05) is 0 Å². The standard InChI is InChI=1S/C14H21NO/c1-2-12-3-5-13(6-4-12)9-14-10-15-7-8-16-11-14/h3-6,14-15H,2,7-11H2,1H3. The molecular weight excluding hydrogens is 198 g/mol. The van der Waals surface area contributed by atoms with Crippen molar-refractivity contribution in [3.63, 3.8) is 0 Å². The molecule has 2 rings (SSSR count). The highest BCUT2D eigenvalue weighted by molar-refractivity contribution is 5.22. The zero-order valence-electron chi connectivity index (χ0n) is 10.0. The number of hydrogen-bond acceptors (Lipinski definition) is 2. The van der Waals surface area contributed by atoms with Gasteiger partial charge in [0.15, 0.2) is 0 Å². The Kier molecular flexibility index (Phi) is 4.37. The second-order valence-electron chi connectivity index (χ2n) is 4.52. The van der Waals surface area contributed by atoms with Crippen LogP contribution in [-0.2, 0) is 17.6 Å². The second kappa shape index (κ2) is 6.02. The summed E-state index contributed by atoms with van der Waals surface area (Å²) in [5, 5.41) is 3.42. The molecule has 0 saturated carbocycles. The molecule has 1 fully saturated rings. The van der Waals surface area contributed by atoms with Gasteiger partial charge in [0.1, 0.15) is 0 Å². The van der Waals surface area contributed by atoms with E-state index in [1.54, 1.807) is 0 Å². The Morgan fingerprint density at radius 3 is 2.75 bits per heavy atom. The molecule has 1 saturated heterocycles. The smallest absolute Gasteiger partial charge is 0.0591 e. The summed E-state index contributed by atoms with van der Waals surface area (Å²) in [4.78, 5) is 0. The van der Waals surface area contributed by atoms with E-state index in [0.29, 0.717) is 5.92 Å². The van der Waals surface area contributed by atoms with Gasteiger partial charge in [-0.2, -0.15) is 0 Å². The van der Waals surface area contributed by atoms with Crippen molar-refractivity contribution >= 4 is 0 Å². The highest BCUT2D eigenvalue weighted by atomic mass is 16.5. The monoisotopic (exact) mass is 219 g/mol. The van der Waals surface area contributed by atoms with Gasteiger partial charge in [0, 0.05) is 13.1 Å². The Balaban J connectivity index is 1.91. The van der Waals surface area contributed by atoms with Crippen molar-refractivity contribution in [2.24, 2.45) is 5.92 Å². The molecular formula is C14H21NO. The van der Waals surface area contributed by atoms with Crippen LogP contribution >= 0.6 is 0 Å². The molecule has 1 unspecified atom stereocenters. The zero-order chi connectivity index (χ0) is 11.2. The predicted molar refractivity (Wildman–Crippen MR) is 66.7 cm³/mol. The minimum atomic E-state index is 0.620. The lowest BCUT2D eigenvalue weighted by Crippen LogP contribution is -2.24. The van der Waals surface area contributed by atoms with E-state index in [9.17, 15) is 0 Å². The molecule has 2 nitrogen and oxygen atoms in total. The first-order chi connectivity index (χ1) is 7.88. The van der Waals surface area contributed by atoms with Crippen LogP contribution in [-0.4, -0.2) is 26.3 Å². The van der Waals surface area contributed by atoms with E-state index in [2.05, 4.69) is 36.5 Å². The van der Waals surface area contributed by atoms with Crippen molar-refractivity contribution in [2.75, 3.05) is 26.3 Å². The maximum Gasteiger partial charge on any atom is 0.0591 e. The van der Waals surface area contributed by atoms with Crippen molar-refractivity contribution in [3.8, 4) is 0 Å². The van der Waals surface area contributed by atoms with Gasteiger partial charge in [-0.25, -0.2) is 0 Å². The Morgan fingerprint density at radius 2 is 2.00 bits per heavy atom. The van der Waals surface area contributed by atoms with Crippen molar-refractivity contribution in [3.05, 3.63) is 35.4 Å². The van der Waals surface area contributed by atoms with Crippen molar-refractivity contribution < 1.29 is 4.74 Å². The zero-order valence-corrected chi connectivity index (χ0v) is 10.0. The third-order valence-electron chi connectivity index (χ3n) is 3.17. The van der Waals surface area contributed by atoms with Crippen LogP contribution in [0.4, 0.5) is 0 Å². The minimum Gasteiger partial charge on any atom is -0.380 e. The fraction of sp³-hybridized carbons (Fsp3) is 0.571. The summed E-state index contributed by atoms with van der Waals surface area (Å²) < 4.78 is 5.56. The van der Waals surface area contributed by atoms with Gasteiger partial charge >= 0.3 is 0 Å². The molecule has 0 amide bonds. The average molecular weight is 219 g/mol. The summed E-state index contributed by atoms with van der Waals surface area (Å²) in [6.45, 7) is 6.01. The SMILES string of the molecule is CCc1ccc(CC2CNCCOC2)cc1. The van der Waals surface area contributed by atoms with E-state index in [1.165, 1.54) is 11.1 Å². The number of hydrogen-bond donors (Lipinski definition) is 1. The molecule has 1 atom stereocenters. The summed E-state index contributed by atoms with van der Waals surface area (Å²) in [6, 6.07) is 8.98. The lowest BCUT2D eigenvalue weighted by Gasteiger charge is -2.13. The van der Waals surface area contributed by atoms with E-state index < -0.39 is 0 Å². The molecule has 1 aliphatic rings. The van der Waals surface area contributed by atoms with Crippen LogP contribution in [0.15, 0.2) is 24.3 Å². The molecule has 0 radical (unpaired) electrons. The number of nitrogens with one attached hydrogen (secondary N) is 1. The Bertz CT molecular complexity index is 299. The highest BCUT2D eigenvalue weighted by Crippen LogP contribution is 2.12. The molecule has 0 bridgehead atoms. The van der Waals surface area contributed by atoms with Crippen LogP contribution in [0.25, 0.3) is 0 Å². The first-order valence-electron chi connectivity index (χ1n) is 6.24. The first kappa shape index (κ1) is 11.6. The number of rotatable bonds is 3. The third kappa shape index (κ3) is 3.32. The summed E-state index contributed by atoms with van der Waals surface area (Å²) >= 11 is 0. The molecule has 1 aromatic carbocycles. The van der Waals surface area contributed by atoms with Crippen LogP contribution in [0.5, 0.6) is 0 Å². The topological polar surface area (TPSA) is 21.3 Å². The van der Waals surface area contributed by atoms with Gasteiger partial charge in [-0.1, -0.05) is 31.2 Å². The molecule has 0 aromatic heterocycles. The number of ether oxygens (including phenoxy) is 1. The predicted octanol–water partition coefficient (Wildman–Crippen LogP) is 2.03. The molecule has 0 spiro atoms. The van der Waals surface area contributed by atoms with E-state index in [0.717, 1.165) is 39.1 Å². The van der Waals surface area contributed by atoms with Crippen LogP contribution in [0.3, 0.4) is 0 Å². The molecule has 88 valence electrons. The van der Waals surface area contributed by atoms with Gasteiger partial charge in [-0.15, -0.1) is 0 Å². The largest absolute Gasteiger partial charge is 0.380 e. The molecule has 1 aromatic rings. The normalized spacial score (nSPS) is 21.7. The quantitative estimate of drug-likeness (QED) is 0.840. The highest BCUT2D eigenvalue weighted by Gasteiger charge is 2.12. The van der Waals surface area contributed by atoms with Crippen molar-refractivity contribution in [2.45, 2.75) is 19.8 Å².